The lowest BCUT2D eigenvalue weighted by molar-refractivity contribution is 0.0698. The maximum Gasteiger partial charge on any atom is 0.339 e. The minimum absolute atomic E-state index is 0.120. The van der Waals surface area contributed by atoms with Crippen LogP contribution in [0.5, 0.6) is 0 Å². The first-order valence-corrected chi connectivity index (χ1v) is 2.38. The highest BCUT2D eigenvalue weighted by Crippen LogP contribution is 2.06. The number of nitrogen functional groups attached to an aromatic ring is 1. The predicted molar refractivity (Wildman–Crippen MR) is 32.2 cm³/mol. The van der Waals surface area contributed by atoms with Gasteiger partial charge >= 0.3 is 5.97 Å². The predicted octanol–water partition coefficient (Wildman–Crippen LogP) is 0.295. The SMILES string of the molecule is Nc1[nH]ccc1C(=O)O. The Morgan fingerprint density at radius 3 is 2.67 bits per heavy atom. The molecule has 1 rings (SSSR count). The molecule has 0 fully saturated rings. The highest BCUT2D eigenvalue weighted by atomic mass is 16.4. The molecule has 0 amide bonds. The smallest absolute Gasteiger partial charge is 0.339 e. The Morgan fingerprint density at radius 2 is 2.44 bits per heavy atom. The molecule has 0 bridgehead atoms. The molecule has 48 valence electrons. The molecule has 4 nitrogen and oxygen atoms in total. The van der Waals surface area contributed by atoms with Crippen LogP contribution in [0.25, 0.3) is 0 Å². The van der Waals surface area contributed by atoms with Crippen molar-refractivity contribution in [1.29, 1.82) is 0 Å². The van der Waals surface area contributed by atoms with Crippen LogP contribution in [0.1, 0.15) is 10.4 Å². The van der Waals surface area contributed by atoms with E-state index in [2.05, 4.69) is 4.98 Å². The van der Waals surface area contributed by atoms with Gasteiger partial charge in [-0.25, -0.2) is 4.79 Å². The summed E-state index contributed by atoms with van der Waals surface area (Å²) in [4.78, 5) is 12.7. The third kappa shape index (κ3) is 0.861. The number of hydrogen-bond acceptors (Lipinski definition) is 2. The van der Waals surface area contributed by atoms with Crippen LogP contribution in [-0.4, -0.2) is 16.1 Å². The second-order valence-electron chi connectivity index (χ2n) is 1.61. The molecular weight excluding hydrogens is 120 g/mol. The van der Waals surface area contributed by atoms with E-state index in [0.717, 1.165) is 0 Å². The van der Waals surface area contributed by atoms with Gasteiger partial charge in [0.2, 0.25) is 0 Å². The maximum absolute atomic E-state index is 10.2. The van der Waals surface area contributed by atoms with Crippen molar-refractivity contribution in [3.05, 3.63) is 17.8 Å². The van der Waals surface area contributed by atoms with Gasteiger partial charge in [0.05, 0.1) is 0 Å². The van der Waals surface area contributed by atoms with E-state index in [-0.39, 0.29) is 11.4 Å². The van der Waals surface area contributed by atoms with E-state index < -0.39 is 5.97 Å². The van der Waals surface area contributed by atoms with Crippen LogP contribution in [-0.2, 0) is 0 Å². The zero-order valence-corrected chi connectivity index (χ0v) is 4.59. The van der Waals surface area contributed by atoms with E-state index in [1.807, 2.05) is 0 Å². The van der Waals surface area contributed by atoms with Crippen molar-refractivity contribution < 1.29 is 9.90 Å². The second kappa shape index (κ2) is 1.81. The molecule has 4 heteroatoms. The monoisotopic (exact) mass is 126 g/mol. The molecule has 0 atom stereocenters. The summed E-state index contributed by atoms with van der Waals surface area (Å²) >= 11 is 0. The largest absolute Gasteiger partial charge is 0.478 e. The van der Waals surface area contributed by atoms with Crippen molar-refractivity contribution in [2.24, 2.45) is 0 Å². The van der Waals surface area contributed by atoms with Gasteiger partial charge in [-0.3, -0.25) is 0 Å². The molecule has 0 aliphatic heterocycles. The van der Waals surface area contributed by atoms with Gasteiger partial charge in [0, 0.05) is 6.20 Å². The normalized spacial score (nSPS) is 9.33. The van der Waals surface area contributed by atoms with Crippen molar-refractivity contribution in [2.45, 2.75) is 0 Å². The summed E-state index contributed by atoms with van der Waals surface area (Å²) in [5, 5.41) is 8.35. The van der Waals surface area contributed by atoms with Crippen LogP contribution in [0.2, 0.25) is 0 Å². The van der Waals surface area contributed by atoms with E-state index in [0.29, 0.717) is 0 Å². The number of nitrogens with one attached hydrogen (secondary N) is 1. The fourth-order valence-corrected chi connectivity index (χ4v) is 0.569. The van der Waals surface area contributed by atoms with Gasteiger partial charge < -0.3 is 15.8 Å². The standard InChI is InChI=1S/C5H6N2O2/c6-4-3(5(8)9)1-2-7-4/h1-2,7H,6H2,(H,8,9). The van der Waals surface area contributed by atoms with Gasteiger partial charge in [-0.1, -0.05) is 0 Å². The number of aromatic nitrogens is 1. The Balaban J connectivity index is 3.08. The minimum Gasteiger partial charge on any atom is -0.478 e. The quantitative estimate of drug-likeness (QED) is 0.506. The molecule has 4 N–H and O–H groups in total. The second-order valence-corrected chi connectivity index (χ2v) is 1.61. The third-order valence-electron chi connectivity index (χ3n) is 1.01. The summed E-state index contributed by atoms with van der Waals surface area (Å²) in [5.41, 5.74) is 5.33. The molecule has 0 radical (unpaired) electrons. The number of aromatic amines is 1. The van der Waals surface area contributed by atoms with E-state index in [1.54, 1.807) is 0 Å². The Labute approximate surface area is 51.3 Å². The third-order valence-corrected chi connectivity index (χ3v) is 1.01. The van der Waals surface area contributed by atoms with E-state index in [1.165, 1.54) is 12.3 Å². The first-order valence-electron chi connectivity index (χ1n) is 2.38. The first kappa shape index (κ1) is 5.68. The number of rotatable bonds is 1. The molecule has 0 aliphatic rings. The van der Waals surface area contributed by atoms with Crippen molar-refractivity contribution in [3.8, 4) is 0 Å². The number of anilines is 1. The van der Waals surface area contributed by atoms with Crippen molar-refractivity contribution >= 4 is 11.8 Å². The Hall–Kier alpha value is -1.45. The van der Waals surface area contributed by atoms with Crippen LogP contribution in [0, 0.1) is 0 Å². The molecule has 0 saturated heterocycles. The summed E-state index contributed by atoms with van der Waals surface area (Å²) in [7, 11) is 0. The first-order chi connectivity index (χ1) is 4.22. The van der Waals surface area contributed by atoms with Gasteiger partial charge in [-0.15, -0.1) is 0 Å². The molecule has 1 heterocycles. The lowest BCUT2D eigenvalue weighted by atomic mass is 10.3. The number of aromatic carboxylic acids is 1. The average molecular weight is 126 g/mol. The summed E-state index contributed by atoms with van der Waals surface area (Å²) in [6.07, 6.45) is 1.48. The molecule has 0 saturated carbocycles. The fourth-order valence-electron chi connectivity index (χ4n) is 0.569. The van der Waals surface area contributed by atoms with Gasteiger partial charge in [0.1, 0.15) is 11.4 Å². The fraction of sp³-hybridized carbons (Fsp3) is 0. The van der Waals surface area contributed by atoms with Crippen LogP contribution in [0.15, 0.2) is 12.3 Å². The van der Waals surface area contributed by atoms with Gasteiger partial charge in [0.15, 0.2) is 0 Å². The number of hydrogen-bond donors (Lipinski definition) is 3. The lowest BCUT2D eigenvalue weighted by Crippen LogP contribution is -1.98. The molecule has 9 heavy (non-hydrogen) atoms. The molecule has 0 aromatic carbocycles. The van der Waals surface area contributed by atoms with Crippen molar-refractivity contribution in [1.82, 2.24) is 4.98 Å². The molecule has 0 unspecified atom stereocenters. The van der Waals surface area contributed by atoms with Gasteiger partial charge in [-0.2, -0.15) is 0 Å². The molecule has 0 aliphatic carbocycles. The topological polar surface area (TPSA) is 79.1 Å². The Kier molecular flexibility index (Phi) is 1.14. The lowest BCUT2D eigenvalue weighted by Gasteiger charge is -1.87. The summed E-state index contributed by atoms with van der Waals surface area (Å²) in [6.45, 7) is 0. The zero-order chi connectivity index (χ0) is 6.85. The number of carbonyl (C=O) groups is 1. The van der Waals surface area contributed by atoms with Crippen LogP contribution < -0.4 is 5.73 Å². The number of H-pyrrole nitrogens is 1. The van der Waals surface area contributed by atoms with E-state index in [4.69, 9.17) is 10.8 Å². The van der Waals surface area contributed by atoms with Crippen molar-refractivity contribution in [3.63, 3.8) is 0 Å². The molecule has 0 spiro atoms. The zero-order valence-electron chi connectivity index (χ0n) is 4.59. The molecule has 1 aromatic rings. The summed E-state index contributed by atoms with van der Waals surface area (Å²) in [5.74, 6) is -0.809. The Bertz CT molecular complexity index is 229. The van der Waals surface area contributed by atoms with Gasteiger partial charge in [-0.05, 0) is 6.07 Å². The minimum atomic E-state index is -1.01. The maximum atomic E-state index is 10.2. The van der Waals surface area contributed by atoms with E-state index in [9.17, 15) is 4.79 Å². The number of carboxylic acid groups (broad SMARTS) is 1. The highest BCUT2D eigenvalue weighted by Gasteiger charge is 2.05. The van der Waals surface area contributed by atoms with Crippen molar-refractivity contribution in [2.75, 3.05) is 5.73 Å². The summed E-state index contributed by atoms with van der Waals surface area (Å²) in [6, 6.07) is 1.41. The summed E-state index contributed by atoms with van der Waals surface area (Å²) < 4.78 is 0. The molecule has 1 aromatic heterocycles. The van der Waals surface area contributed by atoms with Crippen LogP contribution in [0.3, 0.4) is 0 Å². The number of carboxylic acids is 1. The highest BCUT2D eigenvalue weighted by molar-refractivity contribution is 5.92. The number of nitrogens with two attached hydrogens (primary N) is 1. The van der Waals surface area contributed by atoms with E-state index >= 15 is 0 Å². The Morgan fingerprint density at radius 1 is 1.78 bits per heavy atom. The van der Waals surface area contributed by atoms with Crippen LogP contribution >= 0.6 is 0 Å². The molecular formula is C5H6N2O2. The van der Waals surface area contributed by atoms with Gasteiger partial charge in [0.25, 0.3) is 0 Å². The van der Waals surface area contributed by atoms with Crippen LogP contribution in [0.4, 0.5) is 5.82 Å². The average Bonchev–Trinajstić information content (AvgIpc) is 2.13.